The molecule has 2 rings (SSSR count). The Morgan fingerprint density at radius 2 is 1.73 bits per heavy atom. The number of para-hydroxylation sites is 1. The third-order valence-corrected chi connectivity index (χ3v) is 3.29. The first-order valence-electron chi connectivity index (χ1n) is 7.12. The molecule has 0 bridgehead atoms. The topological polar surface area (TPSA) is 40.0 Å². The number of benzene rings is 2. The molecule has 0 aromatic heterocycles. The number of methoxy groups -OCH3 is 1. The van der Waals surface area contributed by atoms with E-state index in [2.05, 4.69) is 5.16 Å². The van der Waals surface area contributed by atoms with Crippen LogP contribution in [-0.2, 0) is 16.2 Å². The highest BCUT2D eigenvalue weighted by molar-refractivity contribution is 6.02. The van der Waals surface area contributed by atoms with Crippen molar-refractivity contribution < 1.29 is 14.3 Å². The van der Waals surface area contributed by atoms with E-state index < -0.39 is 0 Å². The molecule has 0 aliphatic rings. The maximum atomic E-state index is 5.93. The van der Waals surface area contributed by atoms with Crippen molar-refractivity contribution in [2.24, 2.45) is 5.16 Å². The normalized spacial score (nSPS) is 11.3. The number of oxime groups is 1. The lowest BCUT2D eigenvalue weighted by molar-refractivity contribution is 0.201. The molecule has 0 amide bonds. The lowest BCUT2D eigenvalue weighted by atomic mass is 10.0. The number of nitrogens with zero attached hydrogens (tertiary/aromatic N) is 1. The molecule has 116 valence electrons. The highest BCUT2D eigenvalue weighted by Crippen LogP contribution is 2.19. The average Bonchev–Trinajstić information content (AvgIpc) is 2.54. The van der Waals surface area contributed by atoms with Crippen LogP contribution in [-0.4, -0.2) is 26.5 Å². The molecule has 0 aliphatic heterocycles. The lowest BCUT2D eigenvalue weighted by Gasteiger charge is -2.13. The summed E-state index contributed by atoms with van der Waals surface area (Å²) in [7, 11) is 3.17. The number of hydrogen-bond donors (Lipinski definition) is 0. The highest BCUT2D eigenvalue weighted by Gasteiger charge is 2.11. The van der Waals surface area contributed by atoms with E-state index in [4.69, 9.17) is 14.3 Å². The third-order valence-electron chi connectivity index (χ3n) is 3.29. The summed E-state index contributed by atoms with van der Waals surface area (Å²) in [6, 6.07) is 15.9. The van der Waals surface area contributed by atoms with Gasteiger partial charge in [-0.2, -0.15) is 0 Å². The van der Waals surface area contributed by atoms with Crippen LogP contribution < -0.4 is 4.74 Å². The van der Waals surface area contributed by atoms with E-state index in [0.717, 1.165) is 28.2 Å². The summed E-state index contributed by atoms with van der Waals surface area (Å²) in [6.45, 7) is 2.88. The second-order valence-electron chi connectivity index (χ2n) is 4.86. The minimum atomic E-state index is 0.384. The van der Waals surface area contributed by atoms with Gasteiger partial charge in [-0.15, -0.1) is 0 Å². The first-order valence-corrected chi connectivity index (χ1v) is 7.12. The van der Waals surface area contributed by atoms with E-state index >= 15 is 0 Å². The van der Waals surface area contributed by atoms with E-state index in [1.807, 2.05) is 55.5 Å². The molecule has 2 aromatic carbocycles. The maximum absolute atomic E-state index is 5.93. The van der Waals surface area contributed by atoms with Gasteiger partial charge in [0, 0.05) is 12.7 Å². The van der Waals surface area contributed by atoms with Crippen LogP contribution in [0.4, 0.5) is 0 Å². The summed E-state index contributed by atoms with van der Waals surface area (Å²) in [5.41, 5.74) is 3.87. The average molecular weight is 299 g/mol. The Labute approximate surface area is 131 Å². The standard InChI is InChI=1S/C18H21NO3/c1-14-8-4-7-11-18(14)22-12-15-9-5-6-10-16(15)17(13-20-2)19-21-3/h4-11H,12-13H2,1-3H3/b19-17-. The molecular formula is C18H21NO3. The minimum Gasteiger partial charge on any atom is -0.489 e. The van der Waals surface area contributed by atoms with Crippen molar-refractivity contribution in [3.63, 3.8) is 0 Å². The summed E-state index contributed by atoms with van der Waals surface area (Å²) in [4.78, 5) is 4.91. The van der Waals surface area contributed by atoms with Crippen molar-refractivity contribution in [2.75, 3.05) is 20.8 Å². The number of rotatable bonds is 7. The summed E-state index contributed by atoms with van der Waals surface area (Å²) < 4.78 is 11.1. The summed E-state index contributed by atoms with van der Waals surface area (Å²) >= 11 is 0. The molecule has 0 heterocycles. The molecule has 2 aromatic rings. The van der Waals surface area contributed by atoms with Gasteiger partial charge < -0.3 is 14.3 Å². The quantitative estimate of drug-likeness (QED) is 0.579. The largest absolute Gasteiger partial charge is 0.489 e. The van der Waals surface area contributed by atoms with Gasteiger partial charge in [0.1, 0.15) is 25.2 Å². The summed E-state index contributed by atoms with van der Waals surface area (Å²) in [5, 5.41) is 4.05. The van der Waals surface area contributed by atoms with Gasteiger partial charge in [0.05, 0.1) is 6.61 Å². The van der Waals surface area contributed by atoms with Gasteiger partial charge >= 0.3 is 0 Å². The number of hydrogen-bond acceptors (Lipinski definition) is 4. The van der Waals surface area contributed by atoms with Crippen LogP contribution in [0.2, 0.25) is 0 Å². The minimum absolute atomic E-state index is 0.384. The Hall–Kier alpha value is -2.33. The molecule has 0 saturated heterocycles. The SMILES string of the molecule is COC/C(=N/OC)c1ccccc1COc1ccccc1C. The monoisotopic (exact) mass is 299 g/mol. The molecule has 0 N–H and O–H groups in total. The Morgan fingerprint density at radius 1 is 1.00 bits per heavy atom. The van der Waals surface area contributed by atoms with Gasteiger partial charge in [-0.1, -0.05) is 47.6 Å². The predicted molar refractivity (Wildman–Crippen MR) is 87.4 cm³/mol. The molecule has 0 spiro atoms. The molecule has 0 unspecified atom stereocenters. The van der Waals surface area contributed by atoms with Crippen LogP contribution in [0.1, 0.15) is 16.7 Å². The van der Waals surface area contributed by atoms with Crippen LogP contribution in [0.25, 0.3) is 0 Å². The fourth-order valence-electron chi connectivity index (χ4n) is 2.20. The molecule has 0 radical (unpaired) electrons. The van der Waals surface area contributed by atoms with Crippen molar-refractivity contribution in [1.29, 1.82) is 0 Å². The van der Waals surface area contributed by atoms with Crippen molar-refractivity contribution in [2.45, 2.75) is 13.5 Å². The molecule has 22 heavy (non-hydrogen) atoms. The molecular weight excluding hydrogens is 278 g/mol. The predicted octanol–water partition coefficient (Wildman–Crippen LogP) is 3.57. The lowest BCUT2D eigenvalue weighted by Crippen LogP contribution is -2.13. The zero-order chi connectivity index (χ0) is 15.8. The molecule has 0 atom stereocenters. The Kier molecular flexibility index (Phi) is 5.98. The van der Waals surface area contributed by atoms with Gasteiger partial charge in [0.25, 0.3) is 0 Å². The highest BCUT2D eigenvalue weighted by atomic mass is 16.6. The number of aryl methyl sites for hydroxylation is 1. The van der Waals surface area contributed by atoms with Crippen LogP contribution in [0.15, 0.2) is 53.7 Å². The third kappa shape index (κ3) is 4.09. The number of ether oxygens (including phenoxy) is 2. The van der Waals surface area contributed by atoms with E-state index in [9.17, 15) is 0 Å². The molecule has 4 nitrogen and oxygen atoms in total. The smallest absolute Gasteiger partial charge is 0.122 e. The van der Waals surface area contributed by atoms with Gasteiger partial charge in [-0.3, -0.25) is 0 Å². The Balaban J connectivity index is 2.21. The van der Waals surface area contributed by atoms with E-state index in [1.54, 1.807) is 7.11 Å². The van der Waals surface area contributed by atoms with Crippen molar-refractivity contribution in [3.8, 4) is 5.75 Å². The second-order valence-corrected chi connectivity index (χ2v) is 4.86. The zero-order valence-electron chi connectivity index (χ0n) is 13.2. The fraction of sp³-hybridized carbons (Fsp3) is 0.278. The van der Waals surface area contributed by atoms with Crippen molar-refractivity contribution in [3.05, 3.63) is 65.2 Å². The van der Waals surface area contributed by atoms with Crippen LogP contribution in [0.3, 0.4) is 0 Å². The van der Waals surface area contributed by atoms with Crippen molar-refractivity contribution in [1.82, 2.24) is 0 Å². The Morgan fingerprint density at radius 3 is 2.45 bits per heavy atom. The molecule has 0 aliphatic carbocycles. The van der Waals surface area contributed by atoms with Crippen LogP contribution in [0, 0.1) is 6.92 Å². The molecule has 0 saturated carbocycles. The summed E-state index contributed by atoms with van der Waals surface area (Å²) in [6.07, 6.45) is 0. The van der Waals surface area contributed by atoms with E-state index in [0.29, 0.717) is 13.2 Å². The molecule has 0 fully saturated rings. The van der Waals surface area contributed by atoms with Gasteiger partial charge in [0.2, 0.25) is 0 Å². The van der Waals surface area contributed by atoms with E-state index in [-0.39, 0.29) is 0 Å². The summed E-state index contributed by atoms with van der Waals surface area (Å²) in [5.74, 6) is 0.884. The first kappa shape index (κ1) is 16.0. The fourth-order valence-corrected chi connectivity index (χ4v) is 2.20. The van der Waals surface area contributed by atoms with Gasteiger partial charge in [-0.25, -0.2) is 0 Å². The van der Waals surface area contributed by atoms with Crippen LogP contribution in [0.5, 0.6) is 5.75 Å². The van der Waals surface area contributed by atoms with Crippen LogP contribution >= 0.6 is 0 Å². The second kappa shape index (κ2) is 8.20. The van der Waals surface area contributed by atoms with Gasteiger partial charge in [0.15, 0.2) is 0 Å². The molecule has 4 heteroatoms. The van der Waals surface area contributed by atoms with Crippen molar-refractivity contribution >= 4 is 5.71 Å². The van der Waals surface area contributed by atoms with E-state index in [1.165, 1.54) is 7.11 Å². The zero-order valence-corrected chi connectivity index (χ0v) is 13.2. The Bertz CT molecular complexity index is 638. The maximum Gasteiger partial charge on any atom is 0.122 e. The first-order chi connectivity index (χ1) is 10.8. The van der Waals surface area contributed by atoms with Gasteiger partial charge in [-0.05, 0) is 24.1 Å².